The molecule has 0 aromatic heterocycles. The van der Waals surface area contributed by atoms with Crippen LogP contribution in [0.3, 0.4) is 0 Å². The number of methoxy groups -OCH3 is 1. The van der Waals surface area contributed by atoms with Gasteiger partial charge in [0.25, 0.3) is 5.91 Å². The summed E-state index contributed by atoms with van der Waals surface area (Å²) < 4.78 is 10.7. The van der Waals surface area contributed by atoms with Crippen LogP contribution >= 0.6 is 11.8 Å². The smallest absolute Gasteiger partial charge is 0.408 e. The number of hydrogen-bond acceptors (Lipinski definition) is 6. The second kappa shape index (κ2) is 17.7. The number of nitrogens with one attached hydrogen (secondary N) is 2. The fraction of sp³-hybridized carbons (Fsp3) is 0.545. The highest BCUT2D eigenvalue weighted by Gasteiger charge is 2.36. The van der Waals surface area contributed by atoms with E-state index in [9.17, 15) is 14.4 Å². The molecule has 3 amide bonds. The molecule has 0 saturated carbocycles. The lowest BCUT2D eigenvalue weighted by molar-refractivity contribution is -0.141. The lowest BCUT2D eigenvalue weighted by Crippen LogP contribution is -2.52. The van der Waals surface area contributed by atoms with Gasteiger partial charge in [0.1, 0.15) is 23.4 Å². The van der Waals surface area contributed by atoms with E-state index in [-0.39, 0.29) is 11.8 Å². The molecule has 0 aliphatic heterocycles. The number of benzene rings is 2. The Labute approximate surface area is 256 Å². The summed E-state index contributed by atoms with van der Waals surface area (Å²) in [6.07, 6.45) is 6.67. The summed E-state index contributed by atoms with van der Waals surface area (Å²) in [5.74, 6) is 0.702. The highest BCUT2D eigenvalue weighted by molar-refractivity contribution is 7.98. The van der Waals surface area contributed by atoms with Crippen molar-refractivity contribution in [3.63, 3.8) is 0 Å². The summed E-state index contributed by atoms with van der Waals surface area (Å²) in [4.78, 5) is 42.8. The fourth-order valence-electron chi connectivity index (χ4n) is 4.50. The lowest BCUT2D eigenvalue weighted by atomic mass is 10.00. The van der Waals surface area contributed by atoms with Gasteiger partial charge in [0.05, 0.1) is 7.11 Å². The molecular weight excluding hydrogens is 550 g/mol. The van der Waals surface area contributed by atoms with E-state index in [1.807, 2.05) is 37.4 Å². The van der Waals surface area contributed by atoms with Crippen molar-refractivity contribution in [1.82, 2.24) is 10.2 Å². The van der Waals surface area contributed by atoms with E-state index in [0.717, 1.165) is 37.7 Å². The zero-order chi connectivity index (χ0) is 31.1. The molecule has 0 aliphatic rings. The van der Waals surface area contributed by atoms with Gasteiger partial charge in [-0.15, -0.1) is 0 Å². The van der Waals surface area contributed by atoms with Crippen molar-refractivity contribution < 1.29 is 23.9 Å². The van der Waals surface area contributed by atoms with Gasteiger partial charge in [0.15, 0.2) is 0 Å². The van der Waals surface area contributed by atoms with Gasteiger partial charge >= 0.3 is 6.09 Å². The molecular formula is C33H49N3O5S. The van der Waals surface area contributed by atoms with E-state index < -0.39 is 23.8 Å². The van der Waals surface area contributed by atoms with E-state index in [1.165, 1.54) is 0 Å². The van der Waals surface area contributed by atoms with E-state index >= 15 is 0 Å². The Bertz CT molecular complexity index is 1120. The van der Waals surface area contributed by atoms with E-state index in [0.29, 0.717) is 35.7 Å². The summed E-state index contributed by atoms with van der Waals surface area (Å²) in [6.45, 7) is 9.87. The van der Waals surface area contributed by atoms with Gasteiger partial charge in [-0.3, -0.25) is 9.59 Å². The minimum Gasteiger partial charge on any atom is -0.497 e. The Hall–Kier alpha value is -3.20. The molecule has 0 fully saturated rings. The van der Waals surface area contributed by atoms with E-state index in [1.54, 1.807) is 68.8 Å². The molecule has 0 spiro atoms. The van der Waals surface area contributed by atoms with Gasteiger partial charge in [0.2, 0.25) is 5.91 Å². The molecule has 9 heteroatoms. The van der Waals surface area contributed by atoms with Crippen molar-refractivity contribution in [2.75, 3.05) is 31.0 Å². The molecule has 2 atom stereocenters. The Balaban J connectivity index is 2.49. The van der Waals surface area contributed by atoms with Crippen LogP contribution in [0.25, 0.3) is 0 Å². The standard InChI is InChI=1S/C33H49N3O5S/c1-8-9-10-11-12-22-36(31(38)28(21-23-42-7)35-32(39)41-33(3,4)5)29(25-15-13-24(2)14-16-25)30(37)34-26-17-19-27(40-6)20-18-26/h13-20,28-29H,8-12,21-23H2,1-7H3,(H,34,37)(H,35,39). The molecule has 0 heterocycles. The van der Waals surface area contributed by atoms with E-state index in [2.05, 4.69) is 17.6 Å². The van der Waals surface area contributed by atoms with Crippen molar-refractivity contribution in [2.24, 2.45) is 0 Å². The van der Waals surface area contributed by atoms with Crippen molar-refractivity contribution in [3.05, 3.63) is 59.7 Å². The largest absolute Gasteiger partial charge is 0.497 e. The quantitative estimate of drug-likeness (QED) is 0.199. The highest BCUT2D eigenvalue weighted by Crippen LogP contribution is 2.27. The molecule has 0 bridgehead atoms. The first-order valence-corrected chi connectivity index (χ1v) is 16.2. The molecule has 2 rings (SSSR count). The monoisotopic (exact) mass is 599 g/mol. The Morgan fingerprint density at radius 3 is 2.17 bits per heavy atom. The number of unbranched alkanes of at least 4 members (excludes halogenated alkanes) is 4. The van der Waals surface area contributed by atoms with Crippen LogP contribution in [-0.2, 0) is 14.3 Å². The molecule has 2 aromatic rings. The van der Waals surface area contributed by atoms with Crippen LogP contribution in [0.4, 0.5) is 10.5 Å². The molecule has 2 unspecified atom stereocenters. The number of carbonyl (C=O) groups excluding carboxylic acids is 3. The fourth-order valence-corrected chi connectivity index (χ4v) is 4.97. The summed E-state index contributed by atoms with van der Waals surface area (Å²) in [5.41, 5.74) is 1.64. The number of aryl methyl sites for hydroxylation is 1. The molecule has 8 nitrogen and oxygen atoms in total. The first-order valence-electron chi connectivity index (χ1n) is 14.8. The van der Waals surface area contributed by atoms with Gasteiger partial charge in [-0.2, -0.15) is 11.8 Å². The summed E-state index contributed by atoms with van der Waals surface area (Å²) >= 11 is 1.59. The first kappa shape index (κ1) is 35.0. The molecule has 0 radical (unpaired) electrons. The third kappa shape index (κ3) is 12.0. The van der Waals surface area contributed by atoms with Crippen molar-refractivity contribution in [3.8, 4) is 5.75 Å². The van der Waals surface area contributed by atoms with Crippen LogP contribution < -0.4 is 15.4 Å². The number of alkyl carbamates (subject to hydrolysis) is 1. The number of hydrogen-bond donors (Lipinski definition) is 2. The molecule has 2 aromatic carbocycles. The molecule has 2 N–H and O–H groups in total. The van der Waals surface area contributed by atoms with Crippen LogP contribution in [0.5, 0.6) is 5.75 Å². The van der Waals surface area contributed by atoms with Crippen molar-refractivity contribution in [1.29, 1.82) is 0 Å². The molecule has 42 heavy (non-hydrogen) atoms. The molecule has 0 aliphatic carbocycles. The number of nitrogens with zero attached hydrogens (tertiary/aromatic N) is 1. The SMILES string of the molecule is CCCCCCCN(C(=O)C(CCSC)NC(=O)OC(C)(C)C)C(C(=O)Nc1ccc(OC)cc1)c1ccc(C)cc1. The Morgan fingerprint density at radius 2 is 1.60 bits per heavy atom. The van der Waals surface area contributed by atoms with Crippen molar-refractivity contribution >= 4 is 35.4 Å². The normalized spacial score (nSPS) is 12.6. The second-order valence-electron chi connectivity index (χ2n) is 11.5. The van der Waals surface area contributed by atoms with Crippen LogP contribution in [0.1, 0.15) is 83.4 Å². The van der Waals surface area contributed by atoms with Crippen molar-refractivity contribution in [2.45, 2.75) is 90.8 Å². The zero-order valence-corrected chi connectivity index (χ0v) is 27.1. The predicted molar refractivity (Wildman–Crippen MR) is 172 cm³/mol. The zero-order valence-electron chi connectivity index (χ0n) is 26.3. The molecule has 0 saturated heterocycles. The molecule has 232 valence electrons. The Kier molecular flexibility index (Phi) is 14.7. The number of amides is 3. The van der Waals surface area contributed by atoms with Gasteiger partial charge in [-0.1, -0.05) is 62.4 Å². The summed E-state index contributed by atoms with van der Waals surface area (Å²) in [5, 5.41) is 5.81. The second-order valence-corrected chi connectivity index (χ2v) is 12.4. The summed E-state index contributed by atoms with van der Waals surface area (Å²) in [6, 6.07) is 13.0. The van der Waals surface area contributed by atoms with Gasteiger partial charge in [-0.25, -0.2) is 4.79 Å². The van der Waals surface area contributed by atoms with Gasteiger partial charge in [-0.05, 0) is 82.4 Å². The maximum atomic E-state index is 14.3. The lowest BCUT2D eigenvalue weighted by Gasteiger charge is -2.34. The first-order chi connectivity index (χ1) is 20.0. The third-order valence-corrected chi connectivity index (χ3v) is 7.34. The van der Waals surface area contributed by atoms with Gasteiger partial charge in [0, 0.05) is 12.2 Å². The maximum absolute atomic E-state index is 14.3. The van der Waals surface area contributed by atoms with Crippen LogP contribution in [0.15, 0.2) is 48.5 Å². The third-order valence-electron chi connectivity index (χ3n) is 6.70. The van der Waals surface area contributed by atoms with E-state index in [4.69, 9.17) is 9.47 Å². The number of anilines is 1. The summed E-state index contributed by atoms with van der Waals surface area (Å²) in [7, 11) is 1.59. The highest BCUT2D eigenvalue weighted by atomic mass is 32.2. The average molecular weight is 600 g/mol. The minimum atomic E-state index is -0.899. The average Bonchev–Trinajstić information content (AvgIpc) is 2.94. The van der Waals surface area contributed by atoms with Crippen LogP contribution in [-0.4, -0.2) is 60.1 Å². The number of carbonyl (C=O) groups is 3. The number of rotatable bonds is 16. The van der Waals surface area contributed by atoms with Crippen LogP contribution in [0.2, 0.25) is 0 Å². The Morgan fingerprint density at radius 1 is 0.952 bits per heavy atom. The van der Waals surface area contributed by atoms with Crippen LogP contribution in [0, 0.1) is 6.92 Å². The van der Waals surface area contributed by atoms with Gasteiger partial charge < -0.3 is 25.0 Å². The minimum absolute atomic E-state index is 0.305. The topological polar surface area (TPSA) is 97.0 Å². The maximum Gasteiger partial charge on any atom is 0.408 e. The number of thioether (sulfide) groups is 1. The predicted octanol–water partition coefficient (Wildman–Crippen LogP) is 7.13. The number of ether oxygens (including phenoxy) is 2.